The Morgan fingerprint density at radius 3 is 2.77 bits per heavy atom. The van der Waals surface area contributed by atoms with Crippen LogP contribution < -0.4 is 10.1 Å². The summed E-state index contributed by atoms with van der Waals surface area (Å²) >= 11 is 0. The number of fused-ring (bicyclic) bond motifs is 1. The Morgan fingerprint density at radius 2 is 2.03 bits per heavy atom. The largest absolute Gasteiger partial charge is 0.489 e. The van der Waals surface area contributed by atoms with Crippen molar-refractivity contribution in [2.45, 2.75) is 26.5 Å². The second-order valence-corrected chi connectivity index (χ2v) is 7.25. The summed E-state index contributed by atoms with van der Waals surface area (Å²) in [5.74, 6) is 0.742. The normalized spacial score (nSPS) is 15.1. The van der Waals surface area contributed by atoms with Gasteiger partial charge in [-0.3, -0.25) is 0 Å². The molecule has 1 aromatic heterocycles. The number of anilines is 1. The van der Waals surface area contributed by atoms with Crippen LogP contribution in [0.2, 0.25) is 0 Å². The fraction of sp³-hybridized carbons (Fsp3) is 0.217. The van der Waals surface area contributed by atoms with Gasteiger partial charge in [0.25, 0.3) is 0 Å². The number of tetrazole rings is 1. The SMILES string of the molecule is C=CCOC(=O)C1=C(C)Nc2nnnn2C1c1ccc(OCc2cccc(C)c2)cc1. The van der Waals surface area contributed by atoms with Crippen LogP contribution in [0.1, 0.15) is 29.7 Å². The lowest BCUT2D eigenvalue weighted by atomic mass is 9.96. The van der Waals surface area contributed by atoms with Crippen molar-refractivity contribution in [3.8, 4) is 5.75 Å². The number of rotatable bonds is 7. The highest BCUT2D eigenvalue weighted by atomic mass is 16.5. The maximum absolute atomic E-state index is 12.8. The van der Waals surface area contributed by atoms with Crippen LogP contribution in [0.15, 0.2) is 72.5 Å². The van der Waals surface area contributed by atoms with Crippen molar-refractivity contribution < 1.29 is 14.3 Å². The number of hydrogen-bond donors (Lipinski definition) is 1. The van der Waals surface area contributed by atoms with E-state index in [1.54, 1.807) is 11.6 Å². The van der Waals surface area contributed by atoms with Crippen LogP contribution in [0.5, 0.6) is 5.75 Å². The molecule has 0 amide bonds. The van der Waals surface area contributed by atoms with Crippen molar-refractivity contribution in [2.75, 3.05) is 11.9 Å². The van der Waals surface area contributed by atoms with Gasteiger partial charge < -0.3 is 14.8 Å². The van der Waals surface area contributed by atoms with Gasteiger partial charge in [0.05, 0.1) is 5.57 Å². The van der Waals surface area contributed by atoms with Crippen molar-refractivity contribution in [1.82, 2.24) is 20.2 Å². The topological polar surface area (TPSA) is 91.2 Å². The van der Waals surface area contributed by atoms with Crippen LogP contribution in [0, 0.1) is 6.92 Å². The summed E-state index contributed by atoms with van der Waals surface area (Å²) in [6.45, 7) is 8.05. The molecule has 2 aromatic carbocycles. The van der Waals surface area contributed by atoms with Crippen molar-refractivity contribution in [3.05, 3.63) is 89.1 Å². The summed E-state index contributed by atoms with van der Waals surface area (Å²) in [7, 11) is 0. The summed E-state index contributed by atoms with van der Waals surface area (Å²) < 4.78 is 12.8. The van der Waals surface area contributed by atoms with Gasteiger partial charge >= 0.3 is 5.97 Å². The Kier molecular flexibility index (Phi) is 5.79. The lowest BCUT2D eigenvalue weighted by molar-refractivity contribution is -0.138. The van der Waals surface area contributed by atoms with E-state index in [0.717, 1.165) is 16.9 Å². The van der Waals surface area contributed by atoms with Crippen LogP contribution in [0.4, 0.5) is 5.95 Å². The van der Waals surface area contributed by atoms with Gasteiger partial charge in [0.2, 0.25) is 5.95 Å². The third-order valence-corrected chi connectivity index (χ3v) is 4.95. The Labute approximate surface area is 180 Å². The minimum Gasteiger partial charge on any atom is -0.489 e. The zero-order valence-electron chi connectivity index (χ0n) is 17.4. The molecule has 8 nitrogen and oxygen atoms in total. The van der Waals surface area contributed by atoms with E-state index in [1.807, 2.05) is 36.4 Å². The number of aryl methyl sites for hydroxylation is 1. The highest BCUT2D eigenvalue weighted by Crippen LogP contribution is 2.35. The molecule has 1 aliphatic heterocycles. The molecule has 2 heterocycles. The van der Waals surface area contributed by atoms with Crippen LogP contribution in [0.3, 0.4) is 0 Å². The minimum absolute atomic E-state index is 0.122. The molecule has 3 aromatic rings. The first kappa shape index (κ1) is 20.3. The predicted octanol–water partition coefficient (Wildman–Crippen LogP) is 3.58. The number of aromatic nitrogens is 4. The predicted molar refractivity (Wildman–Crippen MR) is 115 cm³/mol. The lowest BCUT2D eigenvalue weighted by Gasteiger charge is -2.27. The third-order valence-electron chi connectivity index (χ3n) is 4.95. The van der Waals surface area contributed by atoms with Gasteiger partial charge in [-0.15, -0.1) is 0 Å². The Bertz CT molecular complexity index is 1130. The Hall–Kier alpha value is -3.94. The molecule has 8 heteroatoms. The van der Waals surface area contributed by atoms with Gasteiger partial charge in [0, 0.05) is 5.70 Å². The van der Waals surface area contributed by atoms with Gasteiger partial charge in [-0.2, -0.15) is 4.68 Å². The molecule has 1 aliphatic rings. The van der Waals surface area contributed by atoms with Crippen molar-refractivity contribution >= 4 is 11.9 Å². The average Bonchev–Trinajstić information content (AvgIpc) is 3.23. The molecule has 158 valence electrons. The van der Waals surface area contributed by atoms with Crippen molar-refractivity contribution in [1.29, 1.82) is 0 Å². The summed E-state index contributed by atoms with van der Waals surface area (Å²) in [5.41, 5.74) is 4.21. The first-order valence-electron chi connectivity index (χ1n) is 9.89. The molecule has 0 bridgehead atoms. The van der Waals surface area contributed by atoms with Gasteiger partial charge in [0.15, 0.2) is 0 Å². The molecule has 31 heavy (non-hydrogen) atoms. The van der Waals surface area contributed by atoms with Crippen molar-refractivity contribution in [2.24, 2.45) is 0 Å². The number of carbonyl (C=O) groups excluding carboxylic acids is 1. The maximum atomic E-state index is 12.8. The summed E-state index contributed by atoms with van der Waals surface area (Å²) in [5, 5.41) is 14.9. The molecular formula is C23H23N5O3. The first-order chi connectivity index (χ1) is 15.1. The van der Waals surface area contributed by atoms with E-state index in [0.29, 0.717) is 23.8 Å². The molecule has 0 radical (unpaired) electrons. The number of esters is 1. The van der Waals surface area contributed by atoms with E-state index < -0.39 is 12.0 Å². The van der Waals surface area contributed by atoms with Gasteiger partial charge in [-0.25, -0.2) is 4.79 Å². The molecule has 1 N–H and O–H groups in total. The van der Waals surface area contributed by atoms with Crippen LogP contribution in [0.25, 0.3) is 0 Å². The van der Waals surface area contributed by atoms with E-state index in [-0.39, 0.29) is 6.61 Å². The van der Waals surface area contributed by atoms with Gasteiger partial charge in [0.1, 0.15) is 25.0 Å². The van der Waals surface area contributed by atoms with E-state index in [2.05, 4.69) is 46.5 Å². The van der Waals surface area contributed by atoms with E-state index >= 15 is 0 Å². The van der Waals surface area contributed by atoms with Crippen LogP contribution in [-0.4, -0.2) is 32.8 Å². The van der Waals surface area contributed by atoms with E-state index in [9.17, 15) is 4.79 Å². The fourth-order valence-corrected chi connectivity index (χ4v) is 3.51. The highest BCUT2D eigenvalue weighted by molar-refractivity contribution is 5.92. The molecule has 0 fully saturated rings. The van der Waals surface area contributed by atoms with Gasteiger partial charge in [-0.05, 0) is 47.5 Å². The smallest absolute Gasteiger partial charge is 0.338 e. The van der Waals surface area contributed by atoms with Crippen molar-refractivity contribution in [3.63, 3.8) is 0 Å². The molecule has 1 unspecified atom stereocenters. The molecule has 0 saturated heterocycles. The molecule has 0 spiro atoms. The molecular weight excluding hydrogens is 394 g/mol. The first-order valence-corrected chi connectivity index (χ1v) is 9.89. The van der Waals surface area contributed by atoms with Crippen LogP contribution >= 0.6 is 0 Å². The summed E-state index contributed by atoms with van der Waals surface area (Å²) in [6.07, 6.45) is 1.53. The number of benzene rings is 2. The zero-order chi connectivity index (χ0) is 21.8. The molecule has 1 atom stereocenters. The van der Waals surface area contributed by atoms with Gasteiger partial charge in [-0.1, -0.05) is 59.7 Å². The average molecular weight is 417 g/mol. The second kappa shape index (κ2) is 8.83. The lowest BCUT2D eigenvalue weighted by Crippen LogP contribution is -2.29. The molecule has 0 aliphatic carbocycles. The van der Waals surface area contributed by atoms with E-state index in [4.69, 9.17) is 9.47 Å². The van der Waals surface area contributed by atoms with Crippen LogP contribution in [-0.2, 0) is 16.1 Å². The number of carbonyl (C=O) groups is 1. The number of ether oxygens (including phenoxy) is 2. The Morgan fingerprint density at radius 1 is 1.23 bits per heavy atom. The third kappa shape index (κ3) is 4.32. The molecule has 4 rings (SSSR count). The molecule has 0 saturated carbocycles. The monoisotopic (exact) mass is 417 g/mol. The standard InChI is InChI=1S/C23H23N5O3/c1-4-12-30-22(29)20-16(3)24-23-25-26-27-28(23)21(20)18-8-10-19(11-9-18)31-14-17-7-5-6-15(2)13-17/h4-11,13,21H,1,12,14H2,2-3H3,(H,24,25,27). The number of nitrogens with zero attached hydrogens (tertiary/aromatic N) is 4. The number of hydrogen-bond acceptors (Lipinski definition) is 7. The second-order valence-electron chi connectivity index (χ2n) is 7.25. The zero-order valence-corrected chi connectivity index (χ0v) is 17.4. The minimum atomic E-state index is -0.519. The summed E-state index contributed by atoms with van der Waals surface area (Å²) in [4.78, 5) is 12.8. The Balaban J connectivity index is 1.59. The van der Waals surface area contributed by atoms with E-state index in [1.165, 1.54) is 11.6 Å². The summed E-state index contributed by atoms with van der Waals surface area (Å²) in [6, 6.07) is 15.2. The maximum Gasteiger partial charge on any atom is 0.338 e. The quantitative estimate of drug-likeness (QED) is 0.464. The fourth-order valence-electron chi connectivity index (χ4n) is 3.51. The number of nitrogens with one attached hydrogen (secondary N) is 1. The highest BCUT2D eigenvalue weighted by Gasteiger charge is 2.34. The number of allylic oxidation sites excluding steroid dienone is 1.